The third-order valence-electron chi connectivity index (χ3n) is 3.63. The molecule has 1 heterocycles. The van der Waals surface area contributed by atoms with Gasteiger partial charge in [0.25, 0.3) is 0 Å². The minimum atomic E-state index is 0.524. The van der Waals surface area contributed by atoms with Crippen LogP contribution in [-0.2, 0) is 0 Å². The van der Waals surface area contributed by atoms with Crippen molar-refractivity contribution in [2.75, 3.05) is 0 Å². The quantitative estimate of drug-likeness (QED) is 0.723. The summed E-state index contributed by atoms with van der Waals surface area (Å²) in [4.78, 5) is 4.67. The summed E-state index contributed by atoms with van der Waals surface area (Å²) in [5.74, 6) is 1.05. The number of aromatic nitrogens is 1. The molecular formula is C18H23N. The first-order valence-corrected chi connectivity index (χ1v) is 7.06. The summed E-state index contributed by atoms with van der Waals surface area (Å²) < 4.78 is 0. The molecule has 0 spiro atoms. The highest BCUT2D eigenvalue weighted by Gasteiger charge is 2.13. The fraction of sp³-hybridized carbons (Fsp3) is 0.389. The molecule has 0 aliphatic heterocycles. The zero-order valence-electron chi connectivity index (χ0n) is 12.6. The van der Waals surface area contributed by atoms with Crippen molar-refractivity contribution in [2.24, 2.45) is 0 Å². The van der Waals surface area contributed by atoms with E-state index in [2.05, 4.69) is 76.1 Å². The number of benzene rings is 1. The van der Waals surface area contributed by atoms with Crippen LogP contribution in [-0.4, -0.2) is 4.98 Å². The predicted molar refractivity (Wildman–Crippen MR) is 82.6 cm³/mol. The largest absolute Gasteiger partial charge is 0.256 e. The third-order valence-corrected chi connectivity index (χ3v) is 3.63. The molecule has 0 saturated carbocycles. The van der Waals surface area contributed by atoms with Gasteiger partial charge in [0.1, 0.15) is 0 Å². The van der Waals surface area contributed by atoms with Gasteiger partial charge in [0.15, 0.2) is 0 Å². The van der Waals surface area contributed by atoms with Gasteiger partial charge in [-0.3, -0.25) is 4.98 Å². The summed E-state index contributed by atoms with van der Waals surface area (Å²) in [6.45, 7) is 11.1. The van der Waals surface area contributed by atoms with E-state index in [9.17, 15) is 0 Å². The van der Waals surface area contributed by atoms with Gasteiger partial charge >= 0.3 is 0 Å². The molecule has 1 aromatic heterocycles. The first-order chi connectivity index (χ1) is 9.00. The van der Waals surface area contributed by atoms with Crippen molar-refractivity contribution >= 4 is 0 Å². The van der Waals surface area contributed by atoms with Crippen LogP contribution in [0.3, 0.4) is 0 Å². The highest BCUT2D eigenvalue weighted by atomic mass is 14.7. The second-order valence-electron chi connectivity index (χ2n) is 5.82. The average molecular weight is 253 g/mol. The Morgan fingerprint density at radius 1 is 0.895 bits per heavy atom. The lowest BCUT2D eigenvalue weighted by Gasteiger charge is -2.17. The van der Waals surface area contributed by atoms with E-state index < -0.39 is 0 Å². The maximum atomic E-state index is 4.67. The Morgan fingerprint density at radius 3 is 2.11 bits per heavy atom. The molecule has 0 atom stereocenters. The monoisotopic (exact) mass is 253 g/mol. The first kappa shape index (κ1) is 13.8. The normalized spacial score (nSPS) is 11.3. The van der Waals surface area contributed by atoms with Gasteiger partial charge in [-0.1, -0.05) is 52.0 Å². The van der Waals surface area contributed by atoms with E-state index in [1.54, 1.807) is 0 Å². The molecule has 0 aliphatic carbocycles. The lowest BCUT2D eigenvalue weighted by atomic mass is 9.90. The van der Waals surface area contributed by atoms with E-state index in [0.29, 0.717) is 11.8 Å². The van der Waals surface area contributed by atoms with Crippen LogP contribution in [0.2, 0.25) is 0 Å². The standard InChI is InChI=1S/C18H23N/c1-12(2)16-10-18(19-11-17(16)13(3)4)15-9-7-6-8-14(15)5/h6-13H,1-5H3. The fourth-order valence-electron chi connectivity index (χ4n) is 2.47. The Kier molecular flexibility index (Phi) is 4.04. The van der Waals surface area contributed by atoms with E-state index in [4.69, 9.17) is 0 Å². The number of hydrogen-bond donors (Lipinski definition) is 0. The van der Waals surface area contributed by atoms with Gasteiger partial charge in [-0.15, -0.1) is 0 Å². The molecule has 2 aromatic rings. The second kappa shape index (κ2) is 5.56. The summed E-state index contributed by atoms with van der Waals surface area (Å²) in [6, 6.07) is 10.7. The van der Waals surface area contributed by atoms with Gasteiger partial charge in [0, 0.05) is 11.8 Å². The van der Waals surface area contributed by atoms with Crippen molar-refractivity contribution in [2.45, 2.75) is 46.5 Å². The van der Waals surface area contributed by atoms with Crippen molar-refractivity contribution in [3.05, 3.63) is 53.2 Å². The van der Waals surface area contributed by atoms with Crippen molar-refractivity contribution < 1.29 is 0 Å². The van der Waals surface area contributed by atoms with Crippen molar-refractivity contribution in [1.82, 2.24) is 4.98 Å². The number of hydrogen-bond acceptors (Lipinski definition) is 1. The van der Waals surface area contributed by atoms with Gasteiger partial charge in [-0.05, 0) is 41.5 Å². The number of nitrogens with zero attached hydrogens (tertiary/aromatic N) is 1. The summed E-state index contributed by atoms with van der Waals surface area (Å²) >= 11 is 0. The molecule has 100 valence electrons. The zero-order valence-corrected chi connectivity index (χ0v) is 12.6. The van der Waals surface area contributed by atoms with Gasteiger partial charge in [-0.25, -0.2) is 0 Å². The molecule has 0 fully saturated rings. The van der Waals surface area contributed by atoms with E-state index in [1.807, 2.05) is 0 Å². The van der Waals surface area contributed by atoms with E-state index >= 15 is 0 Å². The lowest BCUT2D eigenvalue weighted by molar-refractivity contribution is 0.783. The Morgan fingerprint density at radius 2 is 1.53 bits per heavy atom. The number of aryl methyl sites for hydroxylation is 1. The molecule has 1 heteroatoms. The first-order valence-electron chi connectivity index (χ1n) is 7.06. The van der Waals surface area contributed by atoms with Crippen LogP contribution in [0.15, 0.2) is 36.5 Å². The van der Waals surface area contributed by atoms with Gasteiger partial charge < -0.3 is 0 Å². The molecule has 0 amide bonds. The topological polar surface area (TPSA) is 12.9 Å². The summed E-state index contributed by atoms with van der Waals surface area (Å²) in [5, 5.41) is 0. The fourth-order valence-corrected chi connectivity index (χ4v) is 2.47. The molecule has 0 unspecified atom stereocenters. The Bertz CT molecular complexity index is 568. The van der Waals surface area contributed by atoms with Crippen LogP contribution in [0.25, 0.3) is 11.3 Å². The Hall–Kier alpha value is -1.63. The van der Waals surface area contributed by atoms with Crippen LogP contribution >= 0.6 is 0 Å². The highest BCUT2D eigenvalue weighted by Crippen LogP contribution is 2.30. The lowest BCUT2D eigenvalue weighted by Crippen LogP contribution is -2.01. The molecule has 0 aliphatic rings. The zero-order chi connectivity index (χ0) is 14.0. The maximum absolute atomic E-state index is 4.67. The SMILES string of the molecule is Cc1ccccc1-c1cc(C(C)C)c(C(C)C)cn1. The van der Waals surface area contributed by atoms with E-state index in [1.165, 1.54) is 22.3 Å². The third kappa shape index (κ3) is 2.86. The van der Waals surface area contributed by atoms with Crippen LogP contribution in [0.5, 0.6) is 0 Å². The molecular weight excluding hydrogens is 230 g/mol. The molecule has 0 bridgehead atoms. The van der Waals surface area contributed by atoms with Crippen molar-refractivity contribution in [3.8, 4) is 11.3 Å². The minimum absolute atomic E-state index is 0.524. The average Bonchev–Trinajstić information content (AvgIpc) is 2.38. The molecule has 19 heavy (non-hydrogen) atoms. The Labute approximate surface area is 116 Å². The van der Waals surface area contributed by atoms with Crippen LogP contribution in [0, 0.1) is 6.92 Å². The second-order valence-corrected chi connectivity index (χ2v) is 5.82. The molecule has 0 saturated heterocycles. The molecule has 1 aromatic carbocycles. The summed E-state index contributed by atoms with van der Waals surface area (Å²) in [7, 11) is 0. The van der Waals surface area contributed by atoms with Gasteiger partial charge in [0.2, 0.25) is 0 Å². The smallest absolute Gasteiger partial charge is 0.0707 e. The highest BCUT2D eigenvalue weighted by molar-refractivity contribution is 5.64. The molecule has 2 rings (SSSR count). The van der Waals surface area contributed by atoms with Gasteiger partial charge in [0.05, 0.1) is 5.69 Å². The van der Waals surface area contributed by atoms with Crippen LogP contribution in [0.1, 0.15) is 56.2 Å². The number of pyridine rings is 1. The molecule has 0 N–H and O–H groups in total. The molecule has 0 radical (unpaired) electrons. The van der Waals surface area contributed by atoms with Crippen LogP contribution in [0.4, 0.5) is 0 Å². The van der Waals surface area contributed by atoms with Crippen molar-refractivity contribution in [3.63, 3.8) is 0 Å². The van der Waals surface area contributed by atoms with E-state index in [-0.39, 0.29) is 0 Å². The maximum Gasteiger partial charge on any atom is 0.0707 e. The summed E-state index contributed by atoms with van der Waals surface area (Å²) in [5.41, 5.74) is 6.39. The minimum Gasteiger partial charge on any atom is -0.256 e. The Balaban J connectivity index is 2.56. The van der Waals surface area contributed by atoms with Crippen molar-refractivity contribution in [1.29, 1.82) is 0 Å². The van der Waals surface area contributed by atoms with Gasteiger partial charge in [-0.2, -0.15) is 0 Å². The van der Waals surface area contributed by atoms with Crippen LogP contribution < -0.4 is 0 Å². The summed E-state index contributed by atoms with van der Waals surface area (Å²) in [6.07, 6.45) is 2.06. The van der Waals surface area contributed by atoms with E-state index in [0.717, 1.165) is 5.69 Å². The number of rotatable bonds is 3. The predicted octanol–water partition coefficient (Wildman–Crippen LogP) is 5.30. The molecule has 1 nitrogen and oxygen atoms in total.